The summed E-state index contributed by atoms with van der Waals surface area (Å²) in [6, 6.07) is 3.99. The molecule has 1 fully saturated rings. The van der Waals surface area contributed by atoms with Gasteiger partial charge in [-0.3, -0.25) is 0 Å². The number of morpholine rings is 1. The van der Waals surface area contributed by atoms with Gasteiger partial charge in [-0.25, -0.2) is 12.8 Å². The largest absolute Gasteiger partial charge is 0.373 e. The van der Waals surface area contributed by atoms with Gasteiger partial charge in [-0.05, 0) is 26.0 Å². The van der Waals surface area contributed by atoms with Gasteiger partial charge in [-0.15, -0.1) is 0 Å². The molecule has 1 aromatic carbocycles. The molecule has 2 unspecified atom stereocenters. The van der Waals surface area contributed by atoms with Crippen molar-refractivity contribution in [3.05, 3.63) is 29.6 Å². The van der Waals surface area contributed by atoms with Crippen molar-refractivity contribution in [2.45, 2.75) is 37.5 Å². The second kappa shape index (κ2) is 5.77. The number of hydrogen-bond acceptors (Lipinski definition) is 4. The van der Waals surface area contributed by atoms with E-state index in [0.29, 0.717) is 0 Å². The molecule has 112 valence electrons. The molecule has 0 aromatic heterocycles. The summed E-state index contributed by atoms with van der Waals surface area (Å²) in [4.78, 5) is -0.0544. The lowest BCUT2D eigenvalue weighted by atomic mass is 10.2. The van der Waals surface area contributed by atoms with Crippen LogP contribution in [0.3, 0.4) is 0 Å². The van der Waals surface area contributed by atoms with E-state index in [1.165, 1.54) is 22.5 Å². The molecule has 2 N–H and O–H groups in total. The highest BCUT2D eigenvalue weighted by Crippen LogP contribution is 2.25. The molecule has 1 aliphatic rings. The molecule has 2 atom stereocenters. The van der Waals surface area contributed by atoms with Crippen LogP contribution in [-0.4, -0.2) is 38.0 Å². The van der Waals surface area contributed by atoms with Gasteiger partial charge in [0.1, 0.15) is 5.82 Å². The molecule has 0 radical (unpaired) electrons. The number of halogens is 1. The standard InChI is InChI=1S/C13H19FN2O3S/c1-9-7-16(8-10(2)19-9)20(17,18)13-5-3-4-12(14)11(13)6-15/h3-5,9-10H,6-8,15H2,1-2H3. The van der Waals surface area contributed by atoms with E-state index >= 15 is 0 Å². The van der Waals surface area contributed by atoms with E-state index in [-0.39, 0.29) is 42.3 Å². The van der Waals surface area contributed by atoms with Crippen LogP contribution in [0.4, 0.5) is 4.39 Å². The molecule has 1 aliphatic heterocycles. The van der Waals surface area contributed by atoms with Crippen LogP contribution < -0.4 is 5.73 Å². The van der Waals surface area contributed by atoms with Gasteiger partial charge in [0.2, 0.25) is 10.0 Å². The Kier molecular flexibility index (Phi) is 4.43. The van der Waals surface area contributed by atoms with E-state index in [4.69, 9.17) is 10.5 Å². The van der Waals surface area contributed by atoms with Crippen LogP contribution >= 0.6 is 0 Å². The Labute approximate surface area is 118 Å². The molecule has 5 nitrogen and oxygen atoms in total. The van der Waals surface area contributed by atoms with Crippen LogP contribution in [0, 0.1) is 5.82 Å². The van der Waals surface area contributed by atoms with Crippen molar-refractivity contribution in [1.82, 2.24) is 4.31 Å². The smallest absolute Gasteiger partial charge is 0.243 e. The molecular weight excluding hydrogens is 283 g/mol. The summed E-state index contributed by atoms with van der Waals surface area (Å²) in [5.74, 6) is -0.595. The second-order valence-electron chi connectivity index (χ2n) is 5.00. The molecule has 0 saturated carbocycles. The Morgan fingerprint density at radius 3 is 2.50 bits per heavy atom. The first-order valence-electron chi connectivity index (χ1n) is 6.49. The molecule has 0 bridgehead atoms. The maximum atomic E-state index is 13.7. The predicted octanol–water partition coefficient (Wildman–Crippen LogP) is 1.08. The van der Waals surface area contributed by atoms with E-state index in [2.05, 4.69) is 0 Å². The lowest BCUT2D eigenvalue weighted by Crippen LogP contribution is -2.48. The first-order chi connectivity index (χ1) is 9.36. The monoisotopic (exact) mass is 302 g/mol. The summed E-state index contributed by atoms with van der Waals surface area (Å²) in [6.45, 7) is 3.98. The predicted molar refractivity (Wildman–Crippen MR) is 73.1 cm³/mol. The average molecular weight is 302 g/mol. The minimum Gasteiger partial charge on any atom is -0.373 e. The van der Waals surface area contributed by atoms with Gasteiger partial charge in [0.25, 0.3) is 0 Å². The first-order valence-corrected chi connectivity index (χ1v) is 7.93. The molecule has 2 rings (SSSR count). The van der Waals surface area contributed by atoms with Gasteiger partial charge in [-0.1, -0.05) is 6.07 Å². The quantitative estimate of drug-likeness (QED) is 0.907. The topological polar surface area (TPSA) is 72.6 Å². The molecule has 0 aliphatic carbocycles. The summed E-state index contributed by atoms with van der Waals surface area (Å²) in [6.07, 6.45) is -0.383. The SMILES string of the molecule is CC1CN(S(=O)(=O)c2cccc(F)c2CN)CC(C)O1. The molecule has 1 heterocycles. The van der Waals surface area contributed by atoms with Crippen LogP contribution in [0.25, 0.3) is 0 Å². The summed E-state index contributed by atoms with van der Waals surface area (Å²) in [7, 11) is -3.76. The van der Waals surface area contributed by atoms with Gasteiger partial charge >= 0.3 is 0 Å². The number of rotatable bonds is 3. The van der Waals surface area contributed by atoms with Crippen LogP contribution in [-0.2, 0) is 21.3 Å². The normalized spacial score (nSPS) is 24.8. The van der Waals surface area contributed by atoms with Gasteiger partial charge in [0.05, 0.1) is 17.1 Å². The highest BCUT2D eigenvalue weighted by atomic mass is 32.2. The van der Waals surface area contributed by atoms with Gasteiger partial charge in [-0.2, -0.15) is 4.31 Å². The van der Waals surface area contributed by atoms with Crippen LogP contribution in [0.5, 0.6) is 0 Å². The van der Waals surface area contributed by atoms with E-state index in [9.17, 15) is 12.8 Å². The van der Waals surface area contributed by atoms with Crippen molar-refractivity contribution >= 4 is 10.0 Å². The third kappa shape index (κ3) is 2.85. The number of nitrogens with two attached hydrogens (primary N) is 1. The van der Waals surface area contributed by atoms with Crippen molar-refractivity contribution in [2.75, 3.05) is 13.1 Å². The van der Waals surface area contributed by atoms with Gasteiger partial charge < -0.3 is 10.5 Å². The minimum atomic E-state index is -3.76. The maximum Gasteiger partial charge on any atom is 0.243 e. The van der Waals surface area contributed by atoms with E-state index in [1.807, 2.05) is 13.8 Å². The fraction of sp³-hybridized carbons (Fsp3) is 0.538. The Balaban J connectivity index is 2.43. The average Bonchev–Trinajstić information content (AvgIpc) is 2.37. The Hall–Kier alpha value is -1.02. The fourth-order valence-corrected chi connectivity index (χ4v) is 4.28. The Morgan fingerprint density at radius 2 is 1.95 bits per heavy atom. The lowest BCUT2D eigenvalue weighted by Gasteiger charge is -2.34. The van der Waals surface area contributed by atoms with Crippen molar-refractivity contribution in [2.24, 2.45) is 5.73 Å². The fourth-order valence-electron chi connectivity index (χ4n) is 2.44. The molecular formula is C13H19FN2O3S. The Morgan fingerprint density at radius 1 is 1.35 bits per heavy atom. The number of hydrogen-bond donors (Lipinski definition) is 1. The summed E-state index contributed by atoms with van der Waals surface area (Å²) in [5, 5.41) is 0. The van der Waals surface area contributed by atoms with Crippen molar-refractivity contribution in [3.63, 3.8) is 0 Å². The molecule has 0 spiro atoms. The van der Waals surface area contributed by atoms with Gasteiger partial charge in [0.15, 0.2) is 0 Å². The highest BCUT2D eigenvalue weighted by Gasteiger charge is 2.33. The molecule has 1 aromatic rings. The van der Waals surface area contributed by atoms with Crippen molar-refractivity contribution in [1.29, 1.82) is 0 Å². The highest BCUT2D eigenvalue weighted by molar-refractivity contribution is 7.89. The zero-order valence-corrected chi connectivity index (χ0v) is 12.4. The van der Waals surface area contributed by atoms with E-state index < -0.39 is 15.8 Å². The summed E-state index contributed by atoms with van der Waals surface area (Å²) < 4.78 is 45.9. The van der Waals surface area contributed by atoms with Crippen LogP contribution in [0.15, 0.2) is 23.1 Å². The minimum absolute atomic E-state index is 0.0271. The van der Waals surface area contributed by atoms with Crippen LogP contribution in [0.2, 0.25) is 0 Å². The van der Waals surface area contributed by atoms with Crippen molar-refractivity contribution < 1.29 is 17.5 Å². The van der Waals surface area contributed by atoms with Crippen LogP contribution in [0.1, 0.15) is 19.4 Å². The maximum absolute atomic E-state index is 13.7. The lowest BCUT2D eigenvalue weighted by molar-refractivity contribution is -0.0441. The summed E-state index contributed by atoms with van der Waals surface area (Å²) in [5.41, 5.74) is 5.51. The zero-order valence-electron chi connectivity index (χ0n) is 11.5. The van der Waals surface area contributed by atoms with E-state index in [0.717, 1.165) is 0 Å². The first kappa shape index (κ1) is 15.4. The number of sulfonamides is 1. The van der Waals surface area contributed by atoms with Crippen molar-refractivity contribution in [3.8, 4) is 0 Å². The Bertz CT molecular complexity index is 581. The second-order valence-corrected chi connectivity index (χ2v) is 6.91. The van der Waals surface area contributed by atoms with Gasteiger partial charge in [0, 0.05) is 25.2 Å². The third-order valence-electron chi connectivity index (χ3n) is 3.28. The zero-order chi connectivity index (χ0) is 14.9. The molecule has 7 heteroatoms. The van der Waals surface area contributed by atoms with E-state index in [1.54, 1.807) is 0 Å². The molecule has 1 saturated heterocycles. The molecule has 20 heavy (non-hydrogen) atoms. The summed E-state index contributed by atoms with van der Waals surface area (Å²) >= 11 is 0. The number of nitrogens with zero attached hydrogens (tertiary/aromatic N) is 1. The number of ether oxygens (including phenoxy) is 1. The number of benzene rings is 1. The third-order valence-corrected chi connectivity index (χ3v) is 5.20. The molecule has 0 amide bonds.